The second kappa shape index (κ2) is 9.69. The molecule has 36 heavy (non-hydrogen) atoms. The summed E-state index contributed by atoms with van der Waals surface area (Å²) in [7, 11) is 2.13. The van der Waals surface area contributed by atoms with Crippen LogP contribution in [0.4, 0.5) is 20.5 Å². The fourth-order valence-electron chi connectivity index (χ4n) is 4.67. The molecule has 0 atom stereocenters. The van der Waals surface area contributed by atoms with Crippen LogP contribution in [-0.4, -0.2) is 49.5 Å². The van der Waals surface area contributed by atoms with Crippen molar-refractivity contribution < 1.29 is 8.78 Å². The molecule has 0 radical (unpaired) electrons. The minimum Gasteiger partial charge on any atom is -0.309 e. The largest absolute Gasteiger partial charge is 0.309 e. The van der Waals surface area contributed by atoms with Crippen molar-refractivity contribution in [3.05, 3.63) is 70.4 Å². The van der Waals surface area contributed by atoms with Crippen molar-refractivity contribution in [3.63, 3.8) is 0 Å². The van der Waals surface area contributed by atoms with Crippen molar-refractivity contribution in [1.82, 2.24) is 29.4 Å². The van der Waals surface area contributed by atoms with Crippen LogP contribution < -0.4 is 10.9 Å². The Morgan fingerprint density at radius 3 is 2.47 bits per heavy atom. The van der Waals surface area contributed by atoms with Crippen molar-refractivity contribution in [1.29, 1.82) is 0 Å². The van der Waals surface area contributed by atoms with Gasteiger partial charge in [0.05, 0.1) is 17.9 Å². The topological polar surface area (TPSA) is 88.8 Å². The maximum Gasteiger partial charge on any atom is 0.269 e. The predicted molar refractivity (Wildman–Crippen MR) is 134 cm³/mol. The first kappa shape index (κ1) is 23.9. The highest BCUT2D eigenvalue weighted by Gasteiger charge is 2.19. The second-order valence-corrected chi connectivity index (χ2v) is 9.46. The van der Waals surface area contributed by atoms with Crippen LogP contribution in [0.1, 0.15) is 44.2 Å². The van der Waals surface area contributed by atoms with Crippen LogP contribution >= 0.6 is 0 Å². The molecule has 1 fully saturated rings. The molecule has 1 aromatic carbocycles. The van der Waals surface area contributed by atoms with Crippen LogP contribution in [0.5, 0.6) is 0 Å². The van der Waals surface area contributed by atoms with E-state index in [0.29, 0.717) is 11.7 Å². The van der Waals surface area contributed by atoms with Gasteiger partial charge in [-0.05, 0) is 76.5 Å². The van der Waals surface area contributed by atoms with E-state index in [-0.39, 0.29) is 39.8 Å². The Morgan fingerprint density at radius 2 is 1.78 bits per heavy atom. The zero-order valence-electron chi connectivity index (χ0n) is 20.4. The first-order valence-electron chi connectivity index (χ1n) is 12.0. The number of nitrogens with zero attached hydrogens (tertiary/aromatic N) is 6. The van der Waals surface area contributed by atoms with Gasteiger partial charge in [0.25, 0.3) is 5.56 Å². The molecule has 0 amide bonds. The second-order valence-electron chi connectivity index (χ2n) is 9.46. The number of likely N-dealkylation sites (tertiary alicyclic amines) is 1. The highest BCUT2D eigenvalue weighted by molar-refractivity contribution is 5.82. The van der Waals surface area contributed by atoms with E-state index in [1.54, 1.807) is 0 Å². The van der Waals surface area contributed by atoms with Crippen molar-refractivity contribution >= 4 is 22.8 Å². The third-order valence-corrected chi connectivity index (χ3v) is 6.59. The quantitative estimate of drug-likeness (QED) is 0.434. The predicted octanol–water partition coefficient (Wildman–Crippen LogP) is 4.66. The molecule has 0 bridgehead atoms. The van der Waals surface area contributed by atoms with Crippen LogP contribution in [-0.2, 0) is 0 Å². The molecule has 1 saturated heterocycles. The summed E-state index contributed by atoms with van der Waals surface area (Å²) in [6.07, 6.45) is 6.15. The summed E-state index contributed by atoms with van der Waals surface area (Å²) >= 11 is 0. The summed E-state index contributed by atoms with van der Waals surface area (Å²) in [6.45, 7) is 5.75. The number of fused-ring (bicyclic) bond motifs is 1. The molecule has 8 nitrogen and oxygen atoms in total. The number of aromatic nitrogens is 5. The Morgan fingerprint density at radius 1 is 1.00 bits per heavy atom. The van der Waals surface area contributed by atoms with Gasteiger partial charge in [0.15, 0.2) is 11.6 Å². The monoisotopic (exact) mass is 491 g/mol. The summed E-state index contributed by atoms with van der Waals surface area (Å²) < 4.78 is 31.1. The number of piperidine rings is 1. The number of hydrogen-bond acceptors (Lipinski definition) is 7. The van der Waals surface area contributed by atoms with E-state index in [1.807, 2.05) is 32.2 Å². The molecule has 5 rings (SSSR count). The number of anilines is 2. The summed E-state index contributed by atoms with van der Waals surface area (Å²) in [6, 6.07) is 6.33. The van der Waals surface area contributed by atoms with Gasteiger partial charge in [-0.25, -0.2) is 28.7 Å². The Hall–Kier alpha value is -3.79. The van der Waals surface area contributed by atoms with Gasteiger partial charge in [-0.15, -0.1) is 0 Å². The van der Waals surface area contributed by atoms with Crippen LogP contribution in [0.3, 0.4) is 0 Å². The number of nitrogens with one attached hydrogen (secondary N) is 1. The fourth-order valence-corrected chi connectivity index (χ4v) is 4.67. The molecule has 0 spiro atoms. The Kier molecular flexibility index (Phi) is 6.44. The third-order valence-electron chi connectivity index (χ3n) is 6.59. The van der Waals surface area contributed by atoms with Gasteiger partial charge in [-0.2, -0.15) is 0 Å². The molecule has 4 aromatic rings. The molecule has 186 valence electrons. The highest BCUT2D eigenvalue weighted by atomic mass is 19.1. The molecule has 10 heteroatoms. The van der Waals surface area contributed by atoms with Crippen LogP contribution in [0.15, 0.2) is 47.7 Å². The summed E-state index contributed by atoms with van der Waals surface area (Å²) in [5, 5.41) is 3.00. The molecule has 3 aromatic heterocycles. The Bertz CT molecular complexity index is 1460. The lowest BCUT2D eigenvalue weighted by Crippen LogP contribution is -2.29. The standard InChI is InChI=1S/C26H27F2N7O/c1-15(2)35-21-11-18(10-19(27)25(21)30-14-23(35)36)24-20(28)13-31-26(33-24)32-22-5-4-17(12-29-22)16-6-8-34(3)9-7-16/h4-5,10-16H,6-9H2,1-3H3,(H,29,31,32,33). The van der Waals surface area contributed by atoms with E-state index in [1.165, 1.54) is 16.2 Å². The zero-order chi connectivity index (χ0) is 25.4. The maximum atomic E-state index is 14.9. The molecule has 1 aliphatic heterocycles. The van der Waals surface area contributed by atoms with Gasteiger partial charge < -0.3 is 14.8 Å². The molecule has 1 aliphatic rings. The number of hydrogen-bond donors (Lipinski definition) is 1. The lowest BCUT2D eigenvalue weighted by molar-refractivity contribution is 0.255. The Labute approximate surface area is 207 Å². The first-order chi connectivity index (χ1) is 17.3. The van der Waals surface area contributed by atoms with E-state index >= 15 is 0 Å². The minimum absolute atomic E-state index is 0.0359. The number of pyridine rings is 1. The van der Waals surface area contributed by atoms with Crippen molar-refractivity contribution in [2.45, 2.75) is 38.6 Å². The van der Waals surface area contributed by atoms with Gasteiger partial charge in [0.1, 0.15) is 17.0 Å². The van der Waals surface area contributed by atoms with Crippen LogP contribution in [0.2, 0.25) is 0 Å². The zero-order valence-corrected chi connectivity index (χ0v) is 20.4. The van der Waals surface area contributed by atoms with Crippen LogP contribution in [0, 0.1) is 11.6 Å². The molecule has 0 aliphatic carbocycles. The fraction of sp³-hybridized carbons (Fsp3) is 0.346. The van der Waals surface area contributed by atoms with Crippen LogP contribution in [0.25, 0.3) is 22.3 Å². The van der Waals surface area contributed by atoms with E-state index in [2.05, 4.69) is 37.2 Å². The Balaban J connectivity index is 1.45. The van der Waals surface area contributed by atoms with E-state index < -0.39 is 11.6 Å². The number of rotatable bonds is 5. The molecular formula is C26H27F2N7O. The van der Waals surface area contributed by atoms with E-state index in [4.69, 9.17) is 0 Å². The molecule has 0 unspecified atom stereocenters. The summed E-state index contributed by atoms with van der Waals surface area (Å²) in [5.74, 6) is -0.259. The highest BCUT2D eigenvalue weighted by Crippen LogP contribution is 2.29. The van der Waals surface area contributed by atoms with Crippen molar-refractivity contribution in [2.75, 3.05) is 25.5 Å². The normalized spacial score (nSPS) is 15.1. The SMILES string of the molecule is CC(C)n1c(=O)cnc2c(F)cc(-c3nc(Nc4ccc(C5CCN(C)CC5)cn4)ncc3F)cc21. The third kappa shape index (κ3) is 4.68. The lowest BCUT2D eigenvalue weighted by atomic mass is 9.91. The molecule has 1 N–H and O–H groups in total. The van der Waals surface area contributed by atoms with E-state index in [9.17, 15) is 13.6 Å². The lowest BCUT2D eigenvalue weighted by Gasteiger charge is -2.29. The average Bonchev–Trinajstić information content (AvgIpc) is 2.85. The summed E-state index contributed by atoms with van der Waals surface area (Å²) in [4.78, 5) is 31.4. The molecular weight excluding hydrogens is 464 g/mol. The van der Waals surface area contributed by atoms with E-state index in [0.717, 1.165) is 44.4 Å². The van der Waals surface area contributed by atoms with Gasteiger partial charge >= 0.3 is 0 Å². The average molecular weight is 492 g/mol. The first-order valence-corrected chi connectivity index (χ1v) is 12.0. The summed E-state index contributed by atoms with van der Waals surface area (Å²) in [5.41, 5.74) is 1.21. The van der Waals surface area contributed by atoms with Gasteiger partial charge in [0.2, 0.25) is 5.95 Å². The van der Waals surface area contributed by atoms with Crippen molar-refractivity contribution in [2.24, 2.45) is 0 Å². The number of halogens is 2. The van der Waals surface area contributed by atoms with Gasteiger partial charge in [0, 0.05) is 17.8 Å². The van der Waals surface area contributed by atoms with Gasteiger partial charge in [-0.3, -0.25) is 4.79 Å². The van der Waals surface area contributed by atoms with Gasteiger partial charge in [-0.1, -0.05) is 6.07 Å². The number of benzene rings is 1. The molecule has 0 saturated carbocycles. The van der Waals surface area contributed by atoms with Crippen molar-refractivity contribution in [3.8, 4) is 11.3 Å². The minimum atomic E-state index is -0.716. The maximum absolute atomic E-state index is 14.9. The smallest absolute Gasteiger partial charge is 0.269 e. The molecule has 4 heterocycles.